The first-order chi connectivity index (χ1) is 12.8. The summed E-state index contributed by atoms with van der Waals surface area (Å²) in [4.78, 5) is 4.38. The van der Waals surface area contributed by atoms with Gasteiger partial charge in [-0.2, -0.15) is 21.6 Å². The van der Waals surface area contributed by atoms with Crippen LogP contribution in [0.15, 0.2) is 48.5 Å². The Morgan fingerprint density at radius 3 is 2.48 bits per heavy atom. The molecular formula is C18H16F3NO4S. The summed E-state index contributed by atoms with van der Waals surface area (Å²) in [5.74, 6) is -0.437. The Balaban J connectivity index is 2.00. The van der Waals surface area contributed by atoms with Gasteiger partial charge in [0.2, 0.25) is 0 Å². The molecule has 144 valence electrons. The van der Waals surface area contributed by atoms with Crippen LogP contribution < -0.4 is 4.18 Å². The van der Waals surface area contributed by atoms with Crippen LogP contribution in [0.25, 0.3) is 5.57 Å². The van der Waals surface area contributed by atoms with Crippen LogP contribution in [0, 0.1) is 0 Å². The maximum Gasteiger partial charge on any atom is 0.534 e. The second-order valence-electron chi connectivity index (χ2n) is 5.84. The van der Waals surface area contributed by atoms with Crippen LogP contribution in [0.4, 0.5) is 13.2 Å². The van der Waals surface area contributed by atoms with Crippen molar-refractivity contribution in [3.8, 4) is 5.75 Å². The number of ether oxygens (including phenoxy) is 1. The highest BCUT2D eigenvalue weighted by molar-refractivity contribution is 7.88. The fourth-order valence-electron chi connectivity index (χ4n) is 2.58. The topological polar surface area (TPSA) is 65.5 Å². The van der Waals surface area contributed by atoms with Gasteiger partial charge in [-0.3, -0.25) is 0 Å². The van der Waals surface area contributed by atoms with Gasteiger partial charge in [0.1, 0.15) is 0 Å². The van der Waals surface area contributed by atoms with E-state index in [1.807, 2.05) is 6.08 Å². The smallest absolute Gasteiger partial charge is 0.377 e. The number of hydrogen-bond donors (Lipinski definition) is 0. The van der Waals surface area contributed by atoms with Crippen molar-refractivity contribution < 1.29 is 30.5 Å². The van der Waals surface area contributed by atoms with E-state index in [2.05, 4.69) is 9.17 Å². The van der Waals surface area contributed by atoms with E-state index in [1.54, 1.807) is 30.3 Å². The number of pyridine rings is 1. The number of hydrogen-bond acceptors (Lipinski definition) is 5. The normalized spacial score (nSPS) is 15.3. The maximum atomic E-state index is 12.7. The molecule has 0 aliphatic carbocycles. The van der Waals surface area contributed by atoms with Crippen molar-refractivity contribution in [2.24, 2.45) is 0 Å². The third-order valence-corrected chi connectivity index (χ3v) is 4.89. The zero-order valence-electron chi connectivity index (χ0n) is 14.1. The summed E-state index contributed by atoms with van der Waals surface area (Å²) in [5.41, 5.74) is -3.20. The zero-order chi connectivity index (χ0) is 19.5. The van der Waals surface area contributed by atoms with E-state index < -0.39 is 21.4 Å². The number of nitrogens with zero attached hydrogens (tertiary/aromatic N) is 1. The zero-order valence-corrected chi connectivity index (χ0v) is 14.9. The molecule has 1 aliphatic heterocycles. The molecule has 0 amide bonds. The highest BCUT2D eigenvalue weighted by atomic mass is 32.2. The van der Waals surface area contributed by atoms with Crippen molar-refractivity contribution in [2.45, 2.75) is 18.3 Å². The van der Waals surface area contributed by atoms with Crippen LogP contribution in [0.1, 0.15) is 23.4 Å². The highest BCUT2D eigenvalue weighted by Crippen LogP contribution is 2.31. The van der Waals surface area contributed by atoms with Crippen LogP contribution in [0.5, 0.6) is 5.75 Å². The first-order valence-corrected chi connectivity index (χ1v) is 9.49. The van der Waals surface area contributed by atoms with E-state index in [4.69, 9.17) is 4.74 Å². The monoisotopic (exact) mass is 399 g/mol. The van der Waals surface area contributed by atoms with Gasteiger partial charge < -0.3 is 8.92 Å². The van der Waals surface area contributed by atoms with Crippen molar-refractivity contribution in [2.75, 3.05) is 13.2 Å². The standard InChI is InChI=1S/C18H16F3NO4S/c19-18(20,21)27(23,24)26-17-7-6-15(14-8-10-25-11-9-14)22-16(17)12-13-4-2-1-3-5-13/h1-8H,9-12H2. The Bertz CT molecular complexity index is 941. The molecule has 3 rings (SSSR count). The molecule has 5 nitrogen and oxygen atoms in total. The fourth-order valence-corrected chi connectivity index (χ4v) is 3.07. The van der Waals surface area contributed by atoms with Gasteiger partial charge in [0, 0.05) is 6.42 Å². The molecule has 1 aromatic carbocycles. The van der Waals surface area contributed by atoms with Gasteiger partial charge in [0.25, 0.3) is 0 Å². The molecule has 0 radical (unpaired) electrons. The molecule has 0 spiro atoms. The third-order valence-electron chi connectivity index (χ3n) is 3.92. The lowest BCUT2D eigenvalue weighted by Gasteiger charge is -2.16. The average molecular weight is 399 g/mol. The van der Waals surface area contributed by atoms with Crippen molar-refractivity contribution >= 4 is 15.7 Å². The number of aromatic nitrogens is 1. The maximum absolute atomic E-state index is 12.7. The van der Waals surface area contributed by atoms with E-state index in [1.165, 1.54) is 12.1 Å². The molecule has 1 aromatic heterocycles. The van der Waals surface area contributed by atoms with Crippen LogP contribution in [-0.4, -0.2) is 32.1 Å². The average Bonchev–Trinajstić information content (AvgIpc) is 2.63. The van der Waals surface area contributed by atoms with E-state index in [9.17, 15) is 21.6 Å². The minimum atomic E-state index is -5.78. The van der Waals surface area contributed by atoms with Crippen LogP contribution in [0.2, 0.25) is 0 Å². The molecule has 0 atom stereocenters. The second kappa shape index (κ2) is 7.69. The SMILES string of the molecule is O=S(=O)(Oc1ccc(C2=CCOCC2)nc1Cc1ccccc1)C(F)(F)F. The van der Waals surface area contributed by atoms with Crippen LogP contribution >= 0.6 is 0 Å². The lowest BCUT2D eigenvalue weighted by molar-refractivity contribution is -0.0500. The fraction of sp³-hybridized carbons (Fsp3) is 0.278. The van der Waals surface area contributed by atoms with Gasteiger partial charge in [-0.1, -0.05) is 36.4 Å². The molecule has 0 saturated heterocycles. The molecule has 9 heteroatoms. The lowest BCUT2D eigenvalue weighted by Crippen LogP contribution is -2.28. The third kappa shape index (κ3) is 4.67. The van der Waals surface area contributed by atoms with Crippen molar-refractivity contribution in [1.82, 2.24) is 4.98 Å². The Labute approximate surface area is 154 Å². The Kier molecular flexibility index (Phi) is 5.52. The van der Waals surface area contributed by atoms with Crippen molar-refractivity contribution in [3.05, 3.63) is 65.5 Å². The van der Waals surface area contributed by atoms with Gasteiger partial charge in [-0.25, -0.2) is 4.98 Å². The molecule has 27 heavy (non-hydrogen) atoms. The lowest BCUT2D eigenvalue weighted by atomic mass is 10.0. The van der Waals surface area contributed by atoms with E-state index in [0.717, 1.165) is 11.1 Å². The molecule has 0 N–H and O–H groups in total. The molecule has 2 heterocycles. The minimum Gasteiger partial charge on any atom is -0.377 e. The van der Waals surface area contributed by atoms with E-state index in [-0.39, 0.29) is 12.1 Å². The predicted octanol–water partition coefficient (Wildman–Crippen LogP) is 3.70. The number of benzene rings is 1. The van der Waals surface area contributed by atoms with Gasteiger partial charge in [0.15, 0.2) is 5.75 Å². The van der Waals surface area contributed by atoms with Crippen LogP contribution in [-0.2, 0) is 21.3 Å². The van der Waals surface area contributed by atoms with Crippen molar-refractivity contribution in [3.63, 3.8) is 0 Å². The Morgan fingerprint density at radius 2 is 1.85 bits per heavy atom. The summed E-state index contributed by atoms with van der Waals surface area (Å²) in [7, 11) is -5.78. The Hall–Kier alpha value is -2.39. The molecule has 0 bridgehead atoms. The summed E-state index contributed by atoms with van der Waals surface area (Å²) >= 11 is 0. The van der Waals surface area contributed by atoms with Crippen molar-refractivity contribution in [1.29, 1.82) is 0 Å². The van der Waals surface area contributed by atoms with E-state index >= 15 is 0 Å². The molecule has 1 aliphatic rings. The summed E-state index contributed by atoms with van der Waals surface area (Å²) in [6, 6.07) is 11.5. The predicted molar refractivity (Wildman–Crippen MR) is 92.5 cm³/mol. The molecular weight excluding hydrogens is 383 g/mol. The van der Waals surface area contributed by atoms with Gasteiger partial charge in [0.05, 0.1) is 24.6 Å². The molecule has 0 saturated carbocycles. The number of rotatable bonds is 5. The van der Waals surface area contributed by atoms with Gasteiger partial charge >= 0.3 is 15.6 Å². The molecule has 0 fully saturated rings. The summed E-state index contributed by atoms with van der Waals surface area (Å²) in [6.45, 7) is 0.938. The summed E-state index contributed by atoms with van der Waals surface area (Å²) in [5, 5.41) is 0. The van der Waals surface area contributed by atoms with E-state index in [0.29, 0.717) is 25.3 Å². The molecule has 2 aromatic rings. The highest BCUT2D eigenvalue weighted by Gasteiger charge is 2.48. The number of alkyl halides is 3. The van der Waals surface area contributed by atoms with Gasteiger partial charge in [-0.15, -0.1) is 0 Å². The van der Waals surface area contributed by atoms with Gasteiger partial charge in [-0.05, 0) is 29.7 Å². The summed E-state index contributed by atoms with van der Waals surface area (Å²) < 4.78 is 70.5. The Morgan fingerprint density at radius 1 is 1.11 bits per heavy atom. The molecule has 0 unspecified atom stereocenters. The minimum absolute atomic E-state index is 0.110. The second-order valence-corrected chi connectivity index (χ2v) is 7.38. The number of halogens is 3. The first-order valence-electron chi connectivity index (χ1n) is 8.08. The summed E-state index contributed by atoms with van der Waals surface area (Å²) in [6.07, 6.45) is 2.57. The first kappa shape index (κ1) is 19.4. The quantitative estimate of drug-likeness (QED) is 0.567. The van der Waals surface area contributed by atoms with Crippen LogP contribution in [0.3, 0.4) is 0 Å². The largest absolute Gasteiger partial charge is 0.534 e.